The minimum absolute atomic E-state index is 0.0347. The summed E-state index contributed by atoms with van der Waals surface area (Å²) in [5.41, 5.74) is 1.11. The molecule has 5 nitrogen and oxygen atoms in total. The summed E-state index contributed by atoms with van der Waals surface area (Å²) in [5, 5.41) is 11.6. The van der Waals surface area contributed by atoms with E-state index in [0.717, 1.165) is 12.1 Å². The fourth-order valence-electron chi connectivity index (χ4n) is 2.58. The topological polar surface area (TPSA) is 69.6 Å². The highest BCUT2D eigenvalue weighted by Gasteiger charge is 2.25. The molecule has 0 spiro atoms. The van der Waals surface area contributed by atoms with Crippen molar-refractivity contribution < 1.29 is 14.7 Å². The van der Waals surface area contributed by atoms with E-state index < -0.39 is 5.97 Å². The van der Waals surface area contributed by atoms with E-state index in [1.54, 1.807) is 0 Å². The second-order valence-electron chi connectivity index (χ2n) is 5.01. The zero-order chi connectivity index (χ0) is 14.4. The molecule has 1 heterocycles. The Hall–Kier alpha value is -1.88. The summed E-state index contributed by atoms with van der Waals surface area (Å²) in [6, 6.07) is 9.96. The fraction of sp³-hybridized carbons (Fsp3) is 0.467. The summed E-state index contributed by atoms with van der Waals surface area (Å²) in [4.78, 5) is 24.6. The molecule has 1 unspecified atom stereocenters. The quantitative estimate of drug-likeness (QED) is 0.853. The van der Waals surface area contributed by atoms with Crippen molar-refractivity contribution >= 4 is 11.9 Å². The lowest BCUT2D eigenvalue weighted by Crippen LogP contribution is -2.32. The van der Waals surface area contributed by atoms with E-state index in [1.165, 1.54) is 0 Å². The van der Waals surface area contributed by atoms with E-state index in [1.807, 2.05) is 30.3 Å². The Balaban J connectivity index is 2.08. The molecule has 1 aromatic rings. The van der Waals surface area contributed by atoms with Gasteiger partial charge in [-0.05, 0) is 18.5 Å². The third-order valence-corrected chi connectivity index (χ3v) is 3.56. The summed E-state index contributed by atoms with van der Waals surface area (Å²) in [5.74, 6) is -0.718. The largest absolute Gasteiger partial charge is 0.481 e. The maximum absolute atomic E-state index is 11.8. The third kappa shape index (κ3) is 4.06. The van der Waals surface area contributed by atoms with Gasteiger partial charge in [-0.25, -0.2) is 0 Å². The Labute approximate surface area is 118 Å². The molecule has 1 aliphatic rings. The smallest absolute Gasteiger partial charge is 0.303 e. The maximum Gasteiger partial charge on any atom is 0.303 e. The zero-order valence-corrected chi connectivity index (χ0v) is 11.4. The van der Waals surface area contributed by atoms with Crippen molar-refractivity contribution in [2.45, 2.75) is 25.3 Å². The number of hydrogen-bond acceptors (Lipinski definition) is 3. The molecule has 2 rings (SSSR count). The number of nitrogens with zero attached hydrogens (tertiary/aromatic N) is 1. The van der Waals surface area contributed by atoms with Gasteiger partial charge in [-0.1, -0.05) is 30.3 Å². The highest BCUT2D eigenvalue weighted by molar-refractivity contribution is 5.77. The predicted molar refractivity (Wildman–Crippen MR) is 75.3 cm³/mol. The van der Waals surface area contributed by atoms with Gasteiger partial charge < -0.3 is 10.4 Å². The Kier molecular flexibility index (Phi) is 5.12. The van der Waals surface area contributed by atoms with Crippen LogP contribution in [0.2, 0.25) is 0 Å². The first-order valence-electron chi connectivity index (χ1n) is 6.94. The highest BCUT2D eigenvalue weighted by atomic mass is 16.4. The van der Waals surface area contributed by atoms with Crippen molar-refractivity contribution in [1.82, 2.24) is 10.2 Å². The van der Waals surface area contributed by atoms with Crippen LogP contribution in [0.25, 0.3) is 0 Å². The summed E-state index contributed by atoms with van der Waals surface area (Å²) in [6.07, 6.45) is 1.20. The van der Waals surface area contributed by atoms with Gasteiger partial charge in [0.2, 0.25) is 5.91 Å². The van der Waals surface area contributed by atoms with E-state index in [4.69, 9.17) is 5.11 Å². The van der Waals surface area contributed by atoms with Crippen LogP contribution in [0.1, 0.15) is 30.9 Å². The zero-order valence-electron chi connectivity index (χ0n) is 11.4. The molecule has 0 bridgehead atoms. The molecule has 1 saturated heterocycles. The van der Waals surface area contributed by atoms with Gasteiger partial charge in [0.1, 0.15) is 0 Å². The number of carbonyl (C=O) groups excluding carboxylic acids is 1. The van der Waals surface area contributed by atoms with Crippen LogP contribution in [0.3, 0.4) is 0 Å². The first-order chi connectivity index (χ1) is 9.66. The van der Waals surface area contributed by atoms with Crippen LogP contribution in [-0.2, 0) is 9.59 Å². The summed E-state index contributed by atoms with van der Waals surface area (Å²) >= 11 is 0. The van der Waals surface area contributed by atoms with E-state index in [-0.39, 0.29) is 18.4 Å². The molecule has 1 atom stereocenters. The average molecular weight is 276 g/mol. The molecule has 1 fully saturated rings. The van der Waals surface area contributed by atoms with E-state index in [9.17, 15) is 9.59 Å². The van der Waals surface area contributed by atoms with Crippen LogP contribution >= 0.6 is 0 Å². The Bertz CT molecular complexity index is 461. The van der Waals surface area contributed by atoms with Crippen molar-refractivity contribution in [1.29, 1.82) is 0 Å². The van der Waals surface area contributed by atoms with Crippen LogP contribution in [-0.4, -0.2) is 41.5 Å². The molecule has 5 heteroatoms. The van der Waals surface area contributed by atoms with Gasteiger partial charge in [-0.3, -0.25) is 14.5 Å². The molecule has 1 amide bonds. The molecule has 20 heavy (non-hydrogen) atoms. The molecule has 0 aromatic heterocycles. The van der Waals surface area contributed by atoms with Gasteiger partial charge in [0, 0.05) is 32.0 Å². The Morgan fingerprint density at radius 1 is 1.35 bits per heavy atom. The van der Waals surface area contributed by atoms with Crippen molar-refractivity contribution in [3.05, 3.63) is 35.9 Å². The normalized spacial score (nSPS) is 20.2. The lowest BCUT2D eigenvalue weighted by molar-refractivity contribution is -0.137. The van der Waals surface area contributed by atoms with Gasteiger partial charge in [-0.2, -0.15) is 0 Å². The molecule has 0 aliphatic carbocycles. The van der Waals surface area contributed by atoms with Crippen molar-refractivity contribution in [2.75, 3.05) is 19.6 Å². The van der Waals surface area contributed by atoms with Crippen molar-refractivity contribution in [3.8, 4) is 0 Å². The van der Waals surface area contributed by atoms with Crippen LogP contribution in [0, 0.1) is 0 Å². The summed E-state index contributed by atoms with van der Waals surface area (Å²) in [7, 11) is 0. The van der Waals surface area contributed by atoms with Crippen LogP contribution in [0.15, 0.2) is 30.3 Å². The first-order valence-corrected chi connectivity index (χ1v) is 6.94. The number of carboxylic acid groups (broad SMARTS) is 1. The number of carboxylic acids is 1. The number of rotatable bonds is 5. The second kappa shape index (κ2) is 7.05. The van der Waals surface area contributed by atoms with Gasteiger partial charge >= 0.3 is 5.97 Å². The Morgan fingerprint density at radius 2 is 2.10 bits per heavy atom. The standard InChI is InChI=1S/C15H20N2O3/c18-14-11-13(12-5-2-1-3-6-12)17(10-8-16-14)9-4-7-15(19)20/h1-3,5-6,13H,4,7-11H2,(H,16,18)(H,19,20). The number of carbonyl (C=O) groups is 2. The fourth-order valence-corrected chi connectivity index (χ4v) is 2.58. The predicted octanol–water partition coefficient (Wildman–Crippen LogP) is 1.41. The molecule has 1 aromatic carbocycles. The maximum atomic E-state index is 11.8. The Morgan fingerprint density at radius 3 is 2.80 bits per heavy atom. The molecule has 2 N–H and O–H groups in total. The van der Waals surface area contributed by atoms with E-state index >= 15 is 0 Å². The van der Waals surface area contributed by atoms with Crippen molar-refractivity contribution in [2.24, 2.45) is 0 Å². The van der Waals surface area contributed by atoms with Gasteiger partial charge in [0.05, 0.1) is 0 Å². The summed E-state index contributed by atoms with van der Waals surface area (Å²) < 4.78 is 0. The summed E-state index contributed by atoms with van der Waals surface area (Å²) in [6.45, 7) is 2.07. The van der Waals surface area contributed by atoms with Crippen molar-refractivity contribution in [3.63, 3.8) is 0 Å². The van der Waals surface area contributed by atoms with Crippen LogP contribution in [0.4, 0.5) is 0 Å². The van der Waals surface area contributed by atoms with E-state index in [2.05, 4.69) is 10.2 Å². The minimum Gasteiger partial charge on any atom is -0.481 e. The number of amides is 1. The molecule has 108 valence electrons. The highest BCUT2D eigenvalue weighted by Crippen LogP contribution is 2.25. The van der Waals surface area contributed by atoms with Gasteiger partial charge in [0.15, 0.2) is 0 Å². The number of nitrogens with one attached hydrogen (secondary N) is 1. The average Bonchev–Trinajstić information content (AvgIpc) is 2.61. The second-order valence-corrected chi connectivity index (χ2v) is 5.01. The van der Waals surface area contributed by atoms with Gasteiger partial charge in [-0.15, -0.1) is 0 Å². The lowest BCUT2D eigenvalue weighted by atomic mass is 10.0. The first kappa shape index (κ1) is 14.5. The minimum atomic E-state index is -0.773. The molecule has 1 aliphatic heterocycles. The SMILES string of the molecule is O=C(O)CCCN1CCNC(=O)CC1c1ccccc1. The van der Waals surface area contributed by atoms with Crippen LogP contribution < -0.4 is 5.32 Å². The number of benzene rings is 1. The molecule has 0 radical (unpaired) electrons. The molecular formula is C15H20N2O3. The number of aliphatic carboxylic acids is 1. The number of hydrogen-bond donors (Lipinski definition) is 2. The van der Waals surface area contributed by atoms with Gasteiger partial charge in [0.25, 0.3) is 0 Å². The van der Waals surface area contributed by atoms with E-state index in [0.29, 0.717) is 25.9 Å². The molecular weight excluding hydrogens is 256 g/mol. The lowest BCUT2D eigenvalue weighted by Gasteiger charge is -2.29. The molecule has 0 saturated carbocycles. The monoisotopic (exact) mass is 276 g/mol. The third-order valence-electron chi connectivity index (χ3n) is 3.56. The van der Waals surface area contributed by atoms with Crippen LogP contribution in [0.5, 0.6) is 0 Å².